The Morgan fingerprint density at radius 3 is 2.62 bits per heavy atom. The van der Waals surface area contributed by atoms with Gasteiger partial charge in [-0.3, -0.25) is 4.79 Å². The van der Waals surface area contributed by atoms with Gasteiger partial charge in [0.15, 0.2) is 6.61 Å². The summed E-state index contributed by atoms with van der Waals surface area (Å²) in [7, 11) is 0. The summed E-state index contributed by atoms with van der Waals surface area (Å²) in [6, 6.07) is 12.0. The number of hydrogen-bond donors (Lipinski definition) is 2. The first kappa shape index (κ1) is 15.6. The molecule has 110 valence electrons. The van der Waals surface area contributed by atoms with Crippen LogP contribution in [0.1, 0.15) is 5.56 Å². The van der Waals surface area contributed by atoms with Gasteiger partial charge in [-0.25, -0.2) is 0 Å². The molecule has 0 bridgehead atoms. The monoisotopic (exact) mass is 324 g/mol. The summed E-state index contributed by atoms with van der Waals surface area (Å²) in [4.78, 5) is 11.8. The zero-order valence-corrected chi connectivity index (χ0v) is 12.6. The summed E-state index contributed by atoms with van der Waals surface area (Å²) in [5.74, 6) is 0.262. The van der Waals surface area contributed by atoms with Crippen LogP contribution in [0.4, 0.5) is 5.69 Å². The minimum Gasteiger partial charge on any atom is -0.483 e. The second-order valence-corrected chi connectivity index (χ2v) is 5.18. The van der Waals surface area contributed by atoms with Gasteiger partial charge >= 0.3 is 0 Å². The van der Waals surface area contributed by atoms with Crippen LogP contribution in [0.2, 0.25) is 10.0 Å². The number of anilines is 1. The Kier molecular flexibility index (Phi) is 5.44. The third-order valence-electron chi connectivity index (χ3n) is 2.71. The number of ether oxygens (including phenoxy) is 1. The number of amides is 1. The molecule has 0 heterocycles. The molecule has 2 rings (SSSR count). The first-order chi connectivity index (χ1) is 10.1. The predicted octanol–water partition coefficient (Wildman–Crippen LogP) is 3.47. The SMILES string of the molecule is NCc1cc(Cl)ccc1OCC(=O)Nc1cccc(Cl)c1. The van der Waals surface area contributed by atoms with Crippen molar-refractivity contribution in [3.05, 3.63) is 58.1 Å². The lowest BCUT2D eigenvalue weighted by molar-refractivity contribution is -0.118. The predicted molar refractivity (Wildman–Crippen MR) is 84.9 cm³/mol. The van der Waals surface area contributed by atoms with E-state index in [0.29, 0.717) is 21.5 Å². The fourth-order valence-corrected chi connectivity index (χ4v) is 2.14. The van der Waals surface area contributed by atoms with Crippen LogP contribution in [-0.4, -0.2) is 12.5 Å². The van der Waals surface area contributed by atoms with E-state index in [0.717, 1.165) is 5.56 Å². The second kappa shape index (κ2) is 7.31. The summed E-state index contributed by atoms with van der Waals surface area (Å²) >= 11 is 11.7. The maximum atomic E-state index is 11.8. The topological polar surface area (TPSA) is 64.3 Å². The van der Waals surface area contributed by atoms with Crippen molar-refractivity contribution in [1.82, 2.24) is 0 Å². The van der Waals surface area contributed by atoms with E-state index in [2.05, 4.69) is 5.32 Å². The van der Waals surface area contributed by atoms with E-state index in [1.807, 2.05) is 0 Å². The van der Waals surface area contributed by atoms with E-state index in [1.165, 1.54) is 0 Å². The quantitative estimate of drug-likeness (QED) is 0.885. The van der Waals surface area contributed by atoms with E-state index in [-0.39, 0.29) is 19.1 Å². The molecule has 0 aliphatic rings. The molecule has 0 saturated heterocycles. The molecule has 0 aromatic heterocycles. The summed E-state index contributed by atoms with van der Waals surface area (Å²) < 4.78 is 5.46. The van der Waals surface area contributed by atoms with Gasteiger partial charge in [-0.15, -0.1) is 0 Å². The van der Waals surface area contributed by atoms with Crippen LogP contribution in [0, 0.1) is 0 Å². The van der Waals surface area contributed by atoms with Crippen molar-refractivity contribution in [3.8, 4) is 5.75 Å². The lowest BCUT2D eigenvalue weighted by atomic mass is 10.2. The van der Waals surface area contributed by atoms with Crippen LogP contribution in [0.25, 0.3) is 0 Å². The highest BCUT2D eigenvalue weighted by molar-refractivity contribution is 6.31. The fourth-order valence-electron chi connectivity index (χ4n) is 1.75. The third-order valence-corrected chi connectivity index (χ3v) is 3.18. The van der Waals surface area contributed by atoms with Crippen LogP contribution >= 0.6 is 23.2 Å². The summed E-state index contributed by atoms with van der Waals surface area (Å²) in [5, 5.41) is 3.82. The second-order valence-electron chi connectivity index (χ2n) is 4.30. The van der Waals surface area contributed by atoms with Crippen molar-refractivity contribution in [1.29, 1.82) is 0 Å². The Balaban J connectivity index is 1.95. The highest BCUT2D eigenvalue weighted by Crippen LogP contribution is 2.22. The van der Waals surface area contributed by atoms with Crippen molar-refractivity contribution in [2.75, 3.05) is 11.9 Å². The van der Waals surface area contributed by atoms with Gasteiger partial charge < -0.3 is 15.8 Å². The van der Waals surface area contributed by atoms with Gasteiger partial charge in [0.2, 0.25) is 0 Å². The molecule has 4 nitrogen and oxygen atoms in total. The third kappa shape index (κ3) is 4.63. The normalized spacial score (nSPS) is 10.2. The number of rotatable bonds is 5. The van der Waals surface area contributed by atoms with Crippen LogP contribution in [-0.2, 0) is 11.3 Å². The number of carbonyl (C=O) groups excluding carboxylic acids is 1. The average molecular weight is 325 g/mol. The number of benzene rings is 2. The number of nitrogens with one attached hydrogen (secondary N) is 1. The Morgan fingerprint density at radius 1 is 1.14 bits per heavy atom. The molecular weight excluding hydrogens is 311 g/mol. The summed E-state index contributed by atoms with van der Waals surface area (Å²) in [6.45, 7) is 0.160. The number of carbonyl (C=O) groups is 1. The lowest BCUT2D eigenvalue weighted by Crippen LogP contribution is -2.20. The smallest absolute Gasteiger partial charge is 0.262 e. The van der Waals surface area contributed by atoms with Crippen molar-refractivity contribution in [3.63, 3.8) is 0 Å². The van der Waals surface area contributed by atoms with Gasteiger partial charge in [0.1, 0.15) is 5.75 Å². The Labute approximate surface area is 132 Å². The van der Waals surface area contributed by atoms with Crippen LogP contribution < -0.4 is 15.8 Å². The molecule has 3 N–H and O–H groups in total. The van der Waals surface area contributed by atoms with Gasteiger partial charge in [-0.05, 0) is 36.4 Å². The molecular formula is C15H14Cl2N2O2. The van der Waals surface area contributed by atoms with Crippen molar-refractivity contribution in [2.45, 2.75) is 6.54 Å². The largest absolute Gasteiger partial charge is 0.483 e. The van der Waals surface area contributed by atoms with E-state index in [4.69, 9.17) is 33.7 Å². The fraction of sp³-hybridized carbons (Fsp3) is 0.133. The van der Waals surface area contributed by atoms with Gasteiger partial charge in [-0.1, -0.05) is 29.3 Å². The van der Waals surface area contributed by atoms with Crippen molar-refractivity contribution >= 4 is 34.8 Å². The van der Waals surface area contributed by atoms with E-state index < -0.39 is 0 Å². The molecule has 0 aliphatic heterocycles. The molecule has 2 aromatic rings. The number of hydrogen-bond acceptors (Lipinski definition) is 3. The van der Waals surface area contributed by atoms with Gasteiger partial charge in [0, 0.05) is 27.8 Å². The standard InChI is InChI=1S/C15H14Cl2N2O2/c16-11-2-1-3-13(7-11)19-15(20)9-21-14-5-4-12(17)6-10(14)8-18/h1-7H,8-9,18H2,(H,19,20). The minimum absolute atomic E-state index is 0.124. The molecule has 0 atom stereocenters. The maximum absolute atomic E-state index is 11.8. The van der Waals surface area contributed by atoms with Gasteiger partial charge in [0.25, 0.3) is 5.91 Å². The molecule has 0 aliphatic carbocycles. The Hall–Kier alpha value is -1.75. The molecule has 0 spiro atoms. The molecule has 21 heavy (non-hydrogen) atoms. The van der Waals surface area contributed by atoms with E-state index in [1.54, 1.807) is 42.5 Å². The zero-order valence-electron chi connectivity index (χ0n) is 11.1. The molecule has 1 amide bonds. The molecule has 0 unspecified atom stereocenters. The van der Waals surface area contributed by atoms with Crippen molar-refractivity contribution < 1.29 is 9.53 Å². The lowest BCUT2D eigenvalue weighted by Gasteiger charge is -2.11. The van der Waals surface area contributed by atoms with E-state index >= 15 is 0 Å². The molecule has 6 heteroatoms. The average Bonchev–Trinajstić information content (AvgIpc) is 2.45. The van der Waals surface area contributed by atoms with Crippen LogP contribution in [0.3, 0.4) is 0 Å². The van der Waals surface area contributed by atoms with Crippen molar-refractivity contribution in [2.24, 2.45) is 5.73 Å². The van der Waals surface area contributed by atoms with Crippen LogP contribution in [0.15, 0.2) is 42.5 Å². The molecule has 0 fully saturated rings. The molecule has 0 saturated carbocycles. The number of nitrogens with two attached hydrogens (primary N) is 1. The Bertz CT molecular complexity index is 647. The summed E-state index contributed by atoms with van der Waals surface area (Å²) in [5.41, 5.74) is 6.98. The Morgan fingerprint density at radius 2 is 1.90 bits per heavy atom. The van der Waals surface area contributed by atoms with E-state index in [9.17, 15) is 4.79 Å². The van der Waals surface area contributed by atoms with Gasteiger partial charge in [0.05, 0.1) is 0 Å². The first-order valence-electron chi connectivity index (χ1n) is 6.25. The first-order valence-corrected chi connectivity index (χ1v) is 7.01. The number of halogens is 2. The zero-order chi connectivity index (χ0) is 15.2. The molecule has 0 radical (unpaired) electrons. The van der Waals surface area contributed by atoms with Crippen LogP contribution in [0.5, 0.6) is 5.75 Å². The molecule has 2 aromatic carbocycles. The van der Waals surface area contributed by atoms with Gasteiger partial charge in [-0.2, -0.15) is 0 Å². The maximum Gasteiger partial charge on any atom is 0.262 e. The summed E-state index contributed by atoms with van der Waals surface area (Å²) in [6.07, 6.45) is 0. The minimum atomic E-state index is -0.282. The highest BCUT2D eigenvalue weighted by Gasteiger charge is 2.07. The highest BCUT2D eigenvalue weighted by atomic mass is 35.5.